The number of fused-ring (bicyclic) bond motifs is 1. The molecular weight excluding hydrogens is 228 g/mol. The molecule has 0 spiro atoms. The van der Waals surface area contributed by atoms with E-state index in [1.54, 1.807) is 7.05 Å². The number of nitrogens with zero attached hydrogens (tertiary/aromatic N) is 1. The molecule has 1 aliphatic carbocycles. The molecule has 0 heterocycles. The van der Waals surface area contributed by atoms with Crippen molar-refractivity contribution in [1.82, 2.24) is 5.01 Å². The van der Waals surface area contributed by atoms with Gasteiger partial charge < -0.3 is 4.74 Å². The fourth-order valence-electron chi connectivity index (χ4n) is 2.31. The Labute approximate surface area is 108 Å². The predicted octanol–water partition coefficient (Wildman–Crippen LogP) is 1.67. The summed E-state index contributed by atoms with van der Waals surface area (Å²) in [6.45, 7) is 0.386. The summed E-state index contributed by atoms with van der Waals surface area (Å²) in [6, 6.07) is 6.18. The highest BCUT2D eigenvalue weighted by molar-refractivity contribution is 5.75. The number of hydrazine groups is 1. The molecule has 1 aromatic carbocycles. The maximum Gasteiger partial charge on any atom is 0.239 e. The van der Waals surface area contributed by atoms with Crippen LogP contribution < -0.4 is 10.6 Å². The van der Waals surface area contributed by atoms with Gasteiger partial charge in [-0.1, -0.05) is 12.1 Å². The summed E-state index contributed by atoms with van der Waals surface area (Å²) >= 11 is 0. The molecule has 4 heteroatoms. The Hall–Kier alpha value is -1.55. The van der Waals surface area contributed by atoms with E-state index in [0.717, 1.165) is 23.6 Å². The predicted molar refractivity (Wildman–Crippen MR) is 70.2 cm³/mol. The number of rotatable bonds is 4. The molecule has 18 heavy (non-hydrogen) atoms. The molecule has 2 N–H and O–H groups in total. The van der Waals surface area contributed by atoms with Gasteiger partial charge in [0.05, 0.1) is 13.0 Å². The lowest BCUT2D eigenvalue weighted by molar-refractivity contribution is -0.130. The lowest BCUT2D eigenvalue weighted by atomic mass is 9.91. The molecule has 98 valence electrons. The molecule has 4 nitrogen and oxygen atoms in total. The van der Waals surface area contributed by atoms with E-state index < -0.39 is 0 Å². The first-order valence-electron chi connectivity index (χ1n) is 6.43. The molecule has 0 unspecified atom stereocenters. The van der Waals surface area contributed by atoms with Gasteiger partial charge in [0.15, 0.2) is 0 Å². The first-order chi connectivity index (χ1) is 8.68. The molecule has 0 bridgehead atoms. The lowest BCUT2D eigenvalue weighted by Gasteiger charge is -2.19. The summed E-state index contributed by atoms with van der Waals surface area (Å²) in [6.07, 6.45) is 5.01. The molecule has 0 saturated carbocycles. The average molecular weight is 248 g/mol. The van der Waals surface area contributed by atoms with E-state index in [2.05, 4.69) is 6.07 Å². The smallest absolute Gasteiger partial charge is 0.239 e. The zero-order valence-electron chi connectivity index (χ0n) is 10.8. The van der Waals surface area contributed by atoms with E-state index in [1.807, 2.05) is 12.1 Å². The van der Waals surface area contributed by atoms with Crippen molar-refractivity contribution in [3.63, 3.8) is 0 Å². The number of hydrogen-bond acceptors (Lipinski definition) is 3. The molecule has 2 rings (SSSR count). The maximum atomic E-state index is 11.3. The number of aryl methyl sites for hydroxylation is 1. The van der Waals surface area contributed by atoms with E-state index in [0.29, 0.717) is 13.0 Å². The van der Waals surface area contributed by atoms with Gasteiger partial charge in [-0.2, -0.15) is 0 Å². The zero-order valence-corrected chi connectivity index (χ0v) is 10.8. The first-order valence-corrected chi connectivity index (χ1v) is 6.43. The Kier molecular flexibility index (Phi) is 4.20. The van der Waals surface area contributed by atoms with Crippen molar-refractivity contribution >= 4 is 5.91 Å². The van der Waals surface area contributed by atoms with E-state index in [1.165, 1.54) is 24.0 Å². The Bertz CT molecular complexity index is 430. The van der Waals surface area contributed by atoms with Crippen LogP contribution in [0.5, 0.6) is 5.75 Å². The molecule has 0 fully saturated rings. The summed E-state index contributed by atoms with van der Waals surface area (Å²) in [5, 5.41) is 1.10. The van der Waals surface area contributed by atoms with E-state index in [-0.39, 0.29) is 5.91 Å². The van der Waals surface area contributed by atoms with E-state index >= 15 is 0 Å². The summed E-state index contributed by atoms with van der Waals surface area (Å²) in [4.78, 5) is 11.3. The second-order valence-electron chi connectivity index (χ2n) is 4.70. The molecule has 1 aromatic rings. The van der Waals surface area contributed by atoms with Crippen LogP contribution in [0.15, 0.2) is 18.2 Å². The lowest BCUT2D eigenvalue weighted by Crippen LogP contribution is -2.33. The van der Waals surface area contributed by atoms with Gasteiger partial charge in [0, 0.05) is 7.05 Å². The van der Waals surface area contributed by atoms with E-state index in [9.17, 15) is 4.79 Å². The molecule has 1 aliphatic rings. The summed E-state index contributed by atoms with van der Waals surface area (Å²) in [5.41, 5.74) is 2.71. The number of benzene rings is 1. The van der Waals surface area contributed by atoms with Crippen LogP contribution in [-0.2, 0) is 17.6 Å². The van der Waals surface area contributed by atoms with Gasteiger partial charge in [0.1, 0.15) is 5.75 Å². The number of nitrogens with two attached hydrogens (primary N) is 1. The third-order valence-electron chi connectivity index (χ3n) is 3.32. The SMILES string of the molecule is CN(N)C(=O)CCOc1cccc2c1CCCC2. The third kappa shape index (κ3) is 3.01. The van der Waals surface area contributed by atoms with Gasteiger partial charge in [0.25, 0.3) is 0 Å². The summed E-state index contributed by atoms with van der Waals surface area (Å²) < 4.78 is 5.72. The van der Waals surface area contributed by atoms with Gasteiger partial charge >= 0.3 is 0 Å². The summed E-state index contributed by atoms with van der Waals surface area (Å²) in [7, 11) is 1.55. The van der Waals surface area contributed by atoms with Gasteiger partial charge in [-0.3, -0.25) is 9.80 Å². The number of carbonyl (C=O) groups excluding carboxylic acids is 1. The van der Waals surface area contributed by atoms with Crippen LogP contribution in [0.4, 0.5) is 0 Å². The normalized spacial score (nSPS) is 13.9. The Morgan fingerprint density at radius 2 is 2.17 bits per heavy atom. The standard InChI is InChI=1S/C14H20N2O2/c1-16(15)14(17)9-10-18-13-8-4-6-11-5-2-3-7-12(11)13/h4,6,8H,2-3,5,7,9-10,15H2,1H3. The van der Waals surface area contributed by atoms with Crippen molar-refractivity contribution in [2.24, 2.45) is 5.84 Å². The fourth-order valence-corrected chi connectivity index (χ4v) is 2.31. The van der Waals surface area contributed by atoms with E-state index in [4.69, 9.17) is 10.6 Å². The van der Waals surface area contributed by atoms with Gasteiger partial charge in [-0.25, -0.2) is 5.84 Å². The second kappa shape index (κ2) is 5.87. The third-order valence-corrected chi connectivity index (χ3v) is 3.32. The number of hydrogen-bond donors (Lipinski definition) is 1. The van der Waals surface area contributed by atoms with Gasteiger partial charge in [0.2, 0.25) is 5.91 Å². The molecule has 0 aliphatic heterocycles. The highest BCUT2D eigenvalue weighted by Crippen LogP contribution is 2.29. The number of ether oxygens (including phenoxy) is 1. The van der Waals surface area contributed by atoms with Crippen LogP contribution in [0.1, 0.15) is 30.4 Å². The quantitative estimate of drug-likeness (QED) is 0.501. The Morgan fingerprint density at radius 3 is 2.94 bits per heavy atom. The van der Waals surface area contributed by atoms with Crippen molar-refractivity contribution in [3.8, 4) is 5.75 Å². The Balaban J connectivity index is 1.95. The molecular formula is C14H20N2O2. The van der Waals surface area contributed by atoms with Crippen molar-refractivity contribution in [2.75, 3.05) is 13.7 Å². The van der Waals surface area contributed by atoms with Crippen LogP contribution >= 0.6 is 0 Å². The van der Waals surface area contributed by atoms with Crippen LogP contribution in [-0.4, -0.2) is 24.6 Å². The number of carbonyl (C=O) groups is 1. The molecule has 0 aromatic heterocycles. The van der Waals surface area contributed by atoms with Crippen LogP contribution in [0.3, 0.4) is 0 Å². The minimum absolute atomic E-state index is 0.111. The van der Waals surface area contributed by atoms with Crippen LogP contribution in [0, 0.1) is 0 Å². The monoisotopic (exact) mass is 248 g/mol. The minimum atomic E-state index is -0.111. The van der Waals surface area contributed by atoms with Crippen molar-refractivity contribution in [1.29, 1.82) is 0 Å². The topological polar surface area (TPSA) is 55.6 Å². The maximum absolute atomic E-state index is 11.3. The molecule has 0 atom stereocenters. The molecule has 0 radical (unpaired) electrons. The summed E-state index contributed by atoms with van der Waals surface area (Å²) in [5.74, 6) is 6.17. The highest BCUT2D eigenvalue weighted by atomic mass is 16.5. The van der Waals surface area contributed by atoms with Crippen molar-refractivity contribution in [2.45, 2.75) is 32.1 Å². The van der Waals surface area contributed by atoms with Crippen LogP contribution in [0.25, 0.3) is 0 Å². The highest BCUT2D eigenvalue weighted by Gasteiger charge is 2.14. The van der Waals surface area contributed by atoms with Gasteiger partial charge in [-0.05, 0) is 42.9 Å². The average Bonchev–Trinajstić information content (AvgIpc) is 2.38. The van der Waals surface area contributed by atoms with Crippen LogP contribution in [0.2, 0.25) is 0 Å². The largest absolute Gasteiger partial charge is 0.493 e. The minimum Gasteiger partial charge on any atom is -0.493 e. The second-order valence-corrected chi connectivity index (χ2v) is 4.70. The van der Waals surface area contributed by atoms with Crippen molar-refractivity contribution < 1.29 is 9.53 Å². The fraction of sp³-hybridized carbons (Fsp3) is 0.500. The number of amides is 1. The molecule has 0 saturated heterocycles. The van der Waals surface area contributed by atoms with Gasteiger partial charge in [-0.15, -0.1) is 0 Å². The van der Waals surface area contributed by atoms with Crippen molar-refractivity contribution in [3.05, 3.63) is 29.3 Å². The first kappa shape index (κ1) is 12.9. The molecule has 1 amide bonds. The Morgan fingerprint density at radius 1 is 1.39 bits per heavy atom. The zero-order chi connectivity index (χ0) is 13.0.